The average Bonchev–Trinajstić information content (AvgIpc) is 2.62. The topological polar surface area (TPSA) is 194 Å². The van der Waals surface area contributed by atoms with Gasteiger partial charge in [-0.15, -0.1) is 0 Å². The quantitative estimate of drug-likeness (QED) is 0.186. The minimum Gasteiger partial charge on any atom is -0.480 e. The van der Waals surface area contributed by atoms with Crippen molar-refractivity contribution < 1.29 is 29.1 Å². The molecule has 0 aliphatic rings. The number of carboxylic acids is 1. The monoisotopic (exact) mass is 447 g/mol. The van der Waals surface area contributed by atoms with Gasteiger partial charge in [-0.05, 0) is 37.7 Å². The molecule has 0 rings (SSSR count). The van der Waals surface area contributed by atoms with Gasteiger partial charge in [0.25, 0.3) is 0 Å². The Balaban J connectivity index is 5.31. The highest BCUT2D eigenvalue weighted by Gasteiger charge is 2.29. The average molecular weight is 448 g/mol. The highest BCUT2D eigenvalue weighted by atomic mass is 32.2. The van der Waals surface area contributed by atoms with Gasteiger partial charge < -0.3 is 32.5 Å². The van der Waals surface area contributed by atoms with Gasteiger partial charge in [-0.3, -0.25) is 24.0 Å². The summed E-state index contributed by atoms with van der Waals surface area (Å²) in [7, 11) is 0. The van der Waals surface area contributed by atoms with Gasteiger partial charge in [-0.2, -0.15) is 11.8 Å². The summed E-state index contributed by atoms with van der Waals surface area (Å²) in [6.45, 7) is 5.01. The predicted molar refractivity (Wildman–Crippen MR) is 113 cm³/mol. The summed E-state index contributed by atoms with van der Waals surface area (Å²) in [6.07, 6.45) is 2.00. The molecule has 30 heavy (non-hydrogen) atoms. The standard InChI is InChI=1S/C18H33N5O6S/c1-9(2)7-13(23-15(25)11(19)8-14(20)24)17(27)22-12(5-6-30-4)16(26)21-10(3)18(28)29/h9-13H,5-8,19H2,1-4H3,(H2,20,24)(H,21,26)(H,22,27)(H,23,25)(H,28,29). The van der Waals surface area contributed by atoms with E-state index in [1.807, 2.05) is 20.1 Å². The number of carbonyl (C=O) groups is 5. The number of hydrogen-bond donors (Lipinski definition) is 6. The molecule has 4 unspecified atom stereocenters. The Labute approximate surface area is 180 Å². The third-order valence-electron chi connectivity index (χ3n) is 4.07. The van der Waals surface area contributed by atoms with Gasteiger partial charge in [-0.1, -0.05) is 13.8 Å². The number of carbonyl (C=O) groups excluding carboxylic acids is 4. The molecule has 8 N–H and O–H groups in total. The lowest BCUT2D eigenvalue weighted by molar-refractivity contribution is -0.141. The van der Waals surface area contributed by atoms with Crippen LogP contribution in [0.5, 0.6) is 0 Å². The first kappa shape index (κ1) is 27.7. The molecule has 0 saturated heterocycles. The van der Waals surface area contributed by atoms with Gasteiger partial charge in [-0.25, -0.2) is 0 Å². The number of thioether (sulfide) groups is 1. The molecule has 11 nitrogen and oxygen atoms in total. The molecule has 0 saturated carbocycles. The Hall–Kier alpha value is -2.34. The number of amides is 4. The zero-order valence-corrected chi connectivity index (χ0v) is 18.6. The lowest BCUT2D eigenvalue weighted by Crippen LogP contribution is -2.57. The number of aliphatic carboxylic acids is 1. The number of nitrogens with two attached hydrogens (primary N) is 2. The largest absolute Gasteiger partial charge is 0.480 e. The Morgan fingerprint density at radius 2 is 1.47 bits per heavy atom. The van der Waals surface area contributed by atoms with E-state index in [0.717, 1.165) is 0 Å². The van der Waals surface area contributed by atoms with E-state index in [9.17, 15) is 24.0 Å². The zero-order valence-electron chi connectivity index (χ0n) is 17.8. The van der Waals surface area contributed by atoms with Crippen LogP contribution in [0.3, 0.4) is 0 Å². The molecule has 4 amide bonds. The summed E-state index contributed by atoms with van der Waals surface area (Å²) < 4.78 is 0. The van der Waals surface area contributed by atoms with Crippen LogP contribution in [0.15, 0.2) is 0 Å². The lowest BCUT2D eigenvalue weighted by Gasteiger charge is -2.25. The molecular formula is C18H33N5O6S. The van der Waals surface area contributed by atoms with Gasteiger partial charge in [0.15, 0.2) is 0 Å². The van der Waals surface area contributed by atoms with Crippen LogP contribution in [0.25, 0.3) is 0 Å². The van der Waals surface area contributed by atoms with Crippen molar-refractivity contribution in [1.82, 2.24) is 16.0 Å². The van der Waals surface area contributed by atoms with Gasteiger partial charge in [0.2, 0.25) is 23.6 Å². The molecule has 12 heteroatoms. The molecule has 0 bridgehead atoms. The van der Waals surface area contributed by atoms with E-state index in [4.69, 9.17) is 16.6 Å². The maximum atomic E-state index is 12.8. The van der Waals surface area contributed by atoms with Crippen molar-refractivity contribution in [2.24, 2.45) is 17.4 Å². The van der Waals surface area contributed by atoms with E-state index in [0.29, 0.717) is 5.75 Å². The van der Waals surface area contributed by atoms with E-state index in [-0.39, 0.29) is 25.2 Å². The van der Waals surface area contributed by atoms with Crippen LogP contribution >= 0.6 is 11.8 Å². The van der Waals surface area contributed by atoms with Gasteiger partial charge in [0, 0.05) is 0 Å². The first-order valence-electron chi connectivity index (χ1n) is 9.55. The van der Waals surface area contributed by atoms with Crippen molar-refractivity contribution >= 4 is 41.4 Å². The summed E-state index contributed by atoms with van der Waals surface area (Å²) >= 11 is 1.46. The third kappa shape index (κ3) is 11.0. The molecule has 0 heterocycles. The number of nitrogens with one attached hydrogen (secondary N) is 3. The first-order chi connectivity index (χ1) is 13.9. The second-order valence-electron chi connectivity index (χ2n) is 7.38. The molecule has 0 aromatic carbocycles. The minimum atomic E-state index is -1.20. The van der Waals surface area contributed by atoms with Gasteiger partial charge >= 0.3 is 5.97 Å². The van der Waals surface area contributed by atoms with E-state index >= 15 is 0 Å². The maximum absolute atomic E-state index is 12.8. The number of hydrogen-bond acceptors (Lipinski definition) is 7. The molecular weight excluding hydrogens is 414 g/mol. The van der Waals surface area contributed by atoms with Gasteiger partial charge in [0.05, 0.1) is 12.5 Å². The Kier molecular flexibility index (Phi) is 12.7. The molecule has 4 atom stereocenters. The summed E-state index contributed by atoms with van der Waals surface area (Å²) in [5.74, 6) is -3.32. The van der Waals surface area contributed by atoms with Crippen molar-refractivity contribution in [3.63, 3.8) is 0 Å². The minimum absolute atomic E-state index is 0.0268. The van der Waals surface area contributed by atoms with Crippen LogP contribution in [0.4, 0.5) is 0 Å². The lowest BCUT2D eigenvalue weighted by atomic mass is 10.0. The van der Waals surface area contributed by atoms with Crippen molar-refractivity contribution in [2.45, 2.75) is 64.2 Å². The van der Waals surface area contributed by atoms with Crippen LogP contribution in [0.1, 0.15) is 40.0 Å². The Morgan fingerprint density at radius 1 is 0.933 bits per heavy atom. The van der Waals surface area contributed by atoms with Crippen LogP contribution < -0.4 is 27.4 Å². The molecule has 0 fully saturated rings. The second kappa shape index (κ2) is 13.8. The molecule has 0 aliphatic heterocycles. The van der Waals surface area contributed by atoms with E-state index in [1.54, 1.807) is 0 Å². The molecule has 0 aromatic rings. The number of rotatable bonds is 14. The van der Waals surface area contributed by atoms with Crippen LogP contribution in [-0.4, -0.2) is 70.9 Å². The Bertz CT molecular complexity index is 630. The summed E-state index contributed by atoms with van der Waals surface area (Å²) in [5.41, 5.74) is 10.7. The zero-order chi connectivity index (χ0) is 23.4. The van der Waals surface area contributed by atoms with Gasteiger partial charge in [0.1, 0.15) is 18.1 Å². The second-order valence-corrected chi connectivity index (χ2v) is 8.36. The highest BCUT2D eigenvalue weighted by molar-refractivity contribution is 7.98. The van der Waals surface area contributed by atoms with E-state index < -0.39 is 53.8 Å². The SMILES string of the molecule is CSCCC(NC(=O)C(CC(C)C)NC(=O)C(N)CC(N)=O)C(=O)NC(C)C(=O)O. The smallest absolute Gasteiger partial charge is 0.325 e. The van der Waals surface area contributed by atoms with E-state index in [1.165, 1.54) is 18.7 Å². The van der Waals surface area contributed by atoms with Crippen LogP contribution in [0.2, 0.25) is 0 Å². The highest BCUT2D eigenvalue weighted by Crippen LogP contribution is 2.08. The fourth-order valence-corrected chi connectivity index (χ4v) is 2.92. The molecule has 0 aliphatic carbocycles. The van der Waals surface area contributed by atoms with E-state index in [2.05, 4.69) is 16.0 Å². The predicted octanol–water partition coefficient (Wildman–Crippen LogP) is -1.45. The summed E-state index contributed by atoms with van der Waals surface area (Å²) in [6, 6.07) is -4.28. The fraction of sp³-hybridized carbons (Fsp3) is 0.722. The fourth-order valence-electron chi connectivity index (χ4n) is 2.44. The Morgan fingerprint density at radius 3 is 1.93 bits per heavy atom. The number of carboxylic acid groups (broad SMARTS) is 1. The maximum Gasteiger partial charge on any atom is 0.325 e. The van der Waals surface area contributed by atoms with Crippen molar-refractivity contribution in [2.75, 3.05) is 12.0 Å². The number of primary amides is 1. The van der Waals surface area contributed by atoms with Crippen molar-refractivity contribution in [3.8, 4) is 0 Å². The van der Waals surface area contributed by atoms with Crippen molar-refractivity contribution in [3.05, 3.63) is 0 Å². The normalized spacial score (nSPS) is 14.9. The first-order valence-corrected chi connectivity index (χ1v) is 10.9. The van der Waals surface area contributed by atoms with Crippen LogP contribution in [-0.2, 0) is 24.0 Å². The molecule has 172 valence electrons. The summed E-state index contributed by atoms with van der Waals surface area (Å²) in [4.78, 5) is 59.4. The third-order valence-corrected chi connectivity index (χ3v) is 4.71. The molecule has 0 radical (unpaired) electrons. The van der Waals surface area contributed by atoms with Crippen molar-refractivity contribution in [1.29, 1.82) is 0 Å². The van der Waals surface area contributed by atoms with Crippen LogP contribution in [0, 0.1) is 5.92 Å². The molecule has 0 spiro atoms. The molecule has 0 aromatic heterocycles. The summed E-state index contributed by atoms with van der Waals surface area (Å²) in [5, 5.41) is 16.4.